The maximum Gasteiger partial charge on any atom is 0.361 e. The lowest BCUT2D eigenvalue weighted by Gasteiger charge is -2.09. The smallest absolute Gasteiger partial charge is 0.361 e. The Morgan fingerprint density at radius 2 is 2.00 bits per heavy atom. The topological polar surface area (TPSA) is 82.3 Å². The molecule has 7 nitrogen and oxygen atoms in total. The molecule has 0 saturated carbocycles. The lowest BCUT2D eigenvalue weighted by atomic mass is 10.1. The van der Waals surface area contributed by atoms with Gasteiger partial charge in [0.25, 0.3) is 0 Å². The van der Waals surface area contributed by atoms with Crippen molar-refractivity contribution in [1.29, 1.82) is 0 Å². The molecule has 3 aromatic heterocycles. The second kappa shape index (κ2) is 5.04. The average Bonchev–Trinajstić information content (AvgIpc) is 2.95. The predicted octanol–water partition coefficient (Wildman–Crippen LogP) is 1.36. The normalized spacial score (nSPS) is 10.7. The van der Waals surface area contributed by atoms with Crippen molar-refractivity contribution in [3.8, 4) is 11.3 Å². The summed E-state index contributed by atoms with van der Waals surface area (Å²) in [5, 5.41) is 12.1. The van der Waals surface area contributed by atoms with Gasteiger partial charge in [-0.05, 0) is 19.1 Å². The summed E-state index contributed by atoms with van der Waals surface area (Å²) in [5.41, 5.74) is 2.01. The number of carbonyl (C=O) groups is 1. The van der Waals surface area contributed by atoms with Crippen molar-refractivity contribution in [1.82, 2.24) is 24.8 Å². The highest BCUT2D eigenvalue weighted by molar-refractivity contribution is 5.94. The van der Waals surface area contributed by atoms with Gasteiger partial charge in [0.2, 0.25) is 0 Å². The van der Waals surface area contributed by atoms with Crippen molar-refractivity contribution >= 4 is 11.6 Å². The van der Waals surface area contributed by atoms with Gasteiger partial charge in [0.05, 0.1) is 12.8 Å². The number of hydrogen-bond acceptors (Lipinski definition) is 6. The van der Waals surface area contributed by atoms with Crippen LogP contribution in [0, 0.1) is 0 Å². The van der Waals surface area contributed by atoms with Crippen LogP contribution in [0.25, 0.3) is 16.9 Å². The van der Waals surface area contributed by atoms with E-state index in [1.165, 1.54) is 0 Å². The number of esters is 1. The first-order valence-electron chi connectivity index (χ1n) is 6.09. The number of nitrogens with zero attached hydrogens (tertiary/aromatic N) is 5. The molecule has 0 saturated heterocycles. The zero-order valence-corrected chi connectivity index (χ0v) is 10.7. The summed E-state index contributed by atoms with van der Waals surface area (Å²) < 4.78 is 6.58. The summed E-state index contributed by atoms with van der Waals surface area (Å²) >= 11 is 0. The third-order valence-electron chi connectivity index (χ3n) is 2.73. The number of hydrogen-bond donors (Lipinski definition) is 0. The maximum atomic E-state index is 12.0. The maximum absolute atomic E-state index is 12.0. The van der Waals surface area contributed by atoms with Crippen LogP contribution in [0.2, 0.25) is 0 Å². The third kappa shape index (κ3) is 1.99. The van der Waals surface area contributed by atoms with Crippen LogP contribution in [0.15, 0.2) is 36.8 Å². The highest BCUT2D eigenvalue weighted by Crippen LogP contribution is 2.22. The van der Waals surface area contributed by atoms with E-state index >= 15 is 0 Å². The van der Waals surface area contributed by atoms with E-state index in [9.17, 15) is 4.79 Å². The first-order valence-corrected chi connectivity index (χ1v) is 6.09. The SMILES string of the molecule is CCOC(=O)c1nnc2ccnn2c1-c1ccncc1. The van der Waals surface area contributed by atoms with Gasteiger partial charge in [0.1, 0.15) is 5.69 Å². The second-order valence-electron chi connectivity index (χ2n) is 3.95. The Bertz CT molecular complexity index is 754. The molecule has 0 aliphatic carbocycles. The fourth-order valence-electron chi connectivity index (χ4n) is 1.90. The van der Waals surface area contributed by atoms with Crippen molar-refractivity contribution < 1.29 is 9.53 Å². The van der Waals surface area contributed by atoms with Gasteiger partial charge in [-0.25, -0.2) is 9.31 Å². The van der Waals surface area contributed by atoms with E-state index in [1.54, 1.807) is 48.2 Å². The van der Waals surface area contributed by atoms with E-state index < -0.39 is 5.97 Å². The number of fused-ring (bicyclic) bond motifs is 1. The zero-order chi connectivity index (χ0) is 13.9. The van der Waals surface area contributed by atoms with E-state index in [1.807, 2.05) is 0 Å². The molecule has 3 rings (SSSR count). The summed E-state index contributed by atoms with van der Waals surface area (Å²) in [5.74, 6) is -0.524. The van der Waals surface area contributed by atoms with Crippen molar-refractivity contribution in [2.24, 2.45) is 0 Å². The second-order valence-corrected chi connectivity index (χ2v) is 3.95. The van der Waals surface area contributed by atoms with Crippen LogP contribution in [0.4, 0.5) is 0 Å². The average molecular weight is 269 g/mol. The van der Waals surface area contributed by atoms with Gasteiger partial charge in [-0.2, -0.15) is 5.10 Å². The van der Waals surface area contributed by atoms with Crippen LogP contribution >= 0.6 is 0 Å². The minimum atomic E-state index is -0.524. The molecule has 20 heavy (non-hydrogen) atoms. The summed E-state index contributed by atoms with van der Waals surface area (Å²) in [6.07, 6.45) is 4.88. The fraction of sp³-hybridized carbons (Fsp3) is 0.154. The Kier molecular flexibility index (Phi) is 3.08. The Labute approximate surface area is 114 Å². The molecule has 0 amide bonds. The van der Waals surface area contributed by atoms with Crippen molar-refractivity contribution in [2.75, 3.05) is 6.61 Å². The van der Waals surface area contributed by atoms with Gasteiger partial charge in [0.15, 0.2) is 11.3 Å². The molecule has 3 aromatic rings. The van der Waals surface area contributed by atoms with Gasteiger partial charge in [-0.3, -0.25) is 4.98 Å². The molecule has 7 heteroatoms. The largest absolute Gasteiger partial charge is 0.461 e. The molecule has 100 valence electrons. The first kappa shape index (κ1) is 12.2. The molecular weight excluding hydrogens is 258 g/mol. The van der Waals surface area contributed by atoms with E-state index in [0.29, 0.717) is 11.3 Å². The van der Waals surface area contributed by atoms with Gasteiger partial charge >= 0.3 is 5.97 Å². The minimum absolute atomic E-state index is 0.134. The number of ether oxygens (including phenoxy) is 1. The van der Waals surface area contributed by atoms with Crippen LogP contribution in [0.3, 0.4) is 0 Å². The summed E-state index contributed by atoms with van der Waals surface area (Å²) in [6, 6.07) is 5.27. The predicted molar refractivity (Wildman–Crippen MR) is 70.0 cm³/mol. The fourth-order valence-corrected chi connectivity index (χ4v) is 1.90. The lowest BCUT2D eigenvalue weighted by Crippen LogP contribution is -2.13. The van der Waals surface area contributed by atoms with E-state index in [-0.39, 0.29) is 12.3 Å². The Morgan fingerprint density at radius 1 is 1.20 bits per heavy atom. The quantitative estimate of drug-likeness (QED) is 0.668. The van der Waals surface area contributed by atoms with Crippen LogP contribution in [-0.4, -0.2) is 37.4 Å². The van der Waals surface area contributed by atoms with E-state index in [4.69, 9.17) is 4.74 Å². The molecule has 0 fully saturated rings. The van der Waals surface area contributed by atoms with Crippen molar-refractivity contribution in [3.63, 3.8) is 0 Å². The molecule has 0 unspecified atom stereocenters. The number of pyridine rings is 1. The molecule has 0 aromatic carbocycles. The zero-order valence-electron chi connectivity index (χ0n) is 10.7. The van der Waals surface area contributed by atoms with Crippen molar-refractivity contribution in [2.45, 2.75) is 6.92 Å². The van der Waals surface area contributed by atoms with E-state index in [2.05, 4.69) is 20.3 Å². The molecule has 0 N–H and O–H groups in total. The summed E-state index contributed by atoms with van der Waals surface area (Å²) in [4.78, 5) is 16.0. The Balaban J connectivity index is 2.27. The van der Waals surface area contributed by atoms with Gasteiger partial charge < -0.3 is 4.74 Å². The lowest BCUT2D eigenvalue weighted by molar-refractivity contribution is 0.0518. The summed E-state index contributed by atoms with van der Waals surface area (Å²) in [7, 11) is 0. The molecule has 0 radical (unpaired) electrons. The van der Waals surface area contributed by atoms with Gasteiger partial charge in [-0.1, -0.05) is 0 Å². The van der Waals surface area contributed by atoms with Crippen LogP contribution in [0.5, 0.6) is 0 Å². The van der Waals surface area contributed by atoms with E-state index in [0.717, 1.165) is 5.56 Å². The van der Waals surface area contributed by atoms with Crippen LogP contribution < -0.4 is 0 Å². The molecule has 0 aliphatic rings. The Morgan fingerprint density at radius 3 is 2.75 bits per heavy atom. The highest BCUT2D eigenvalue weighted by atomic mass is 16.5. The summed E-state index contributed by atoms with van der Waals surface area (Å²) in [6.45, 7) is 2.01. The van der Waals surface area contributed by atoms with Crippen molar-refractivity contribution in [3.05, 3.63) is 42.5 Å². The molecule has 0 spiro atoms. The standard InChI is InChI=1S/C13H11N5O2/c1-2-20-13(19)11-12(9-3-6-14-7-4-9)18-10(16-17-11)5-8-15-18/h3-8H,2H2,1H3. The molecule has 0 aliphatic heterocycles. The van der Waals surface area contributed by atoms with Crippen LogP contribution in [0.1, 0.15) is 17.4 Å². The third-order valence-corrected chi connectivity index (χ3v) is 2.73. The van der Waals surface area contributed by atoms with Gasteiger partial charge in [0, 0.05) is 24.0 Å². The highest BCUT2D eigenvalue weighted by Gasteiger charge is 2.20. The Hall–Kier alpha value is -2.83. The molecular formula is C13H11N5O2. The number of rotatable bonds is 3. The molecule has 0 bridgehead atoms. The first-order chi connectivity index (χ1) is 9.81. The minimum Gasteiger partial charge on any atom is -0.461 e. The van der Waals surface area contributed by atoms with Crippen LogP contribution in [-0.2, 0) is 4.74 Å². The molecule has 3 heterocycles. The number of aromatic nitrogens is 5. The molecule has 0 atom stereocenters. The monoisotopic (exact) mass is 269 g/mol. The van der Waals surface area contributed by atoms with Gasteiger partial charge in [-0.15, -0.1) is 10.2 Å². The number of carbonyl (C=O) groups excluding carboxylic acids is 1.